The van der Waals surface area contributed by atoms with Gasteiger partial charge in [-0.1, -0.05) is 13.8 Å². The molecule has 0 unspecified atom stereocenters. The highest BCUT2D eigenvalue weighted by Gasteiger charge is 2.24. The zero-order valence-corrected chi connectivity index (χ0v) is 10.9. The van der Waals surface area contributed by atoms with Gasteiger partial charge in [0.25, 0.3) is 0 Å². The van der Waals surface area contributed by atoms with E-state index in [2.05, 4.69) is 24.1 Å². The summed E-state index contributed by atoms with van der Waals surface area (Å²) in [5.41, 5.74) is 0.908. The van der Waals surface area contributed by atoms with Crippen molar-refractivity contribution in [2.24, 2.45) is 5.41 Å². The van der Waals surface area contributed by atoms with Gasteiger partial charge >= 0.3 is 0 Å². The van der Waals surface area contributed by atoms with E-state index in [1.54, 1.807) is 13.3 Å². The average molecular weight is 238 g/mol. The van der Waals surface area contributed by atoms with E-state index >= 15 is 0 Å². The van der Waals surface area contributed by atoms with Crippen LogP contribution in [0, 0.1) is 5.41 Å². The van der Waals surface area contributed by atoms with E-state index in [1.165, 1.54) is 0 Å². The second-order valence-corrected chi connectivity index (χ2v) is 4.31. The Hall–Kier alpha value is -1.29. The first-order chi connectivity index (χ1) is 8.19. The maximum Gasteiger partial charge on any atom is 0.213 e. The first-order valence-corrected chi connectivity index (χ1v) is 6.04. The second-order valence-electron chi connectivity index (χ2n) is 4.31. The van der Waals surface area contributed by atoms with Gasteiger partial charge in [-0.25, -0.2) is 4.98 Å². The van der Waals surface area contributed by atoms with Crippen molar-refractivity contribution in [3.05, 3.63) is 18.3 Å². The van der Waals surface area contributed by atoms with Gasteiger partial charge < -0.3 is 15.2 Å². The number of methoxy groups -OCH3 is 1. The summed E-state index contributed by atoms with van der Waals surface area (Å²) in [6.45, 7) is 5.17. The van der Waals surface area contributed by atoms with Gasteiger partial charge in [0.05, 0.1) is 25.6 Å². The predicted octanol–water partition coefficient (Wildman–Crippen LogP) is 2.30. The zero-order chi connectivity index (χ0) is 12.7. The molecule has 0 aromatic carbocycles. The number of hydrogen-bond donors (Lipinski definition) is 2. The third-order valence-corrected chi connectivity index (χ3v) is 3.45. The maximum atomic E-state index is 9.46. The van der Waals surface area contributed by atoms with Crippen molar-refractivity contribution in [3.8, 4) is 5.88 Å². The molecule has 17 heavy (non-hydrogen) atoms. The summed E-state index contributed by atoms with van der Waals surface area (Å²) in [6.07, 6.45) is 3.65. The van der Waals surface area contributed by atoms with Gasteiger partial charge in [0.15, 0.2) is 0 Å². The Labute approximate surface area is 103 Å². The highest BCUT2D eigenvalue weighted by atomic mass is 16.5. The average Bonchev–Trinajstić information content (AvgIpc) is 2.41. The Morgan fingerprint density at radius 2 is 2.06 bits per heavy atom. The molecule has 0 aliphatic carbocycles. The van der Waals surface area contributed by atoms with Crippen LogP contribution in [0.3, 0.4) is 0 Å². The fourth-order valence-corrected chi connectivity index (χ4v) is 1.67. The van der Waals surface area contributed by atoms with Crippen LogP contribution in [0.1, 0.15) is 26.7 Å². The number of hydrogen-bond acceptors (Lipinski definition) is 4. The lowest BCUT2D eigenvalue weighted by Crippen LogP contribution is -2.32. The number of rotatable bonds is 7. The molecule has 0 saturated heterocycles. The lowest BCUT2D eigenvalue weighted by Gasteiger charge is -2.29. The normalized spacial score (nSPS) is 11.3. The Bertz CT molecular complexity index is 312. The summed E-state index contributed by atoms with van der Waals surface area (Å²) in [5.74, 6) is 0.606. The summed E-state index contributed by atoms with van der Waals surface area (Å²) in [6, 6.07) is 3.75. The van der Waals surface area contributed by atoms with E-state index in [4.69, 9.17) is 4.74 Å². The van der Waals surface area contributed by atoms with Crippen LogP contribution in [0.15, 0.2) is 18.3 Å². The Morgan fingerprint density at radius 3 is 2.47 bits per heavy atom. The molecule has 1 aromatic rings. The van der Waals surface area contributed by atoms with Crippen LogP contribution < -0.4 is 10.1 Å². The quantitative estimate of drug-likeness (QED) is 0.765. The fourth-order valence-electron chi connectivity index (χ4n) is 1.67. The van der Waals surface area contributed by atoms with Gasteiger partial charge in [0, 0.05) is 18.0 Å². The summed E-state index contributed by atoms with van der Waals surface area (Å²) in [7, 11) is 1.60. The molecule has 1 aromatic heterocycles. The summed E-state index contributed by atoms with van der Waals surface area (Å²) in [4.78, 5) is 4.13. The van der Waals surface area contributed by atoms with Crippen LogP contribution in [0.2, 0.25) is 0 Å². The third-order valence-electron chi connectivity index (χ3n) is 3.45. The monoisotopic (exact) mass is 238 g/mol. The molecular weight excluding hydrogens is 216 g/mol. The molecule has 0 aliphatic heterocycles. The number of aromatic nitrogens is 1. The molecular formula is C13H22N2O2. The molecule has 0 spiro atoms. The molecule has 0 radical (unpaired) electrons. The minimum Gasteiger partial charge on any atom is -0.481 e. The van der Waals surface area contributed by atoms with Crippen molar-refractivity contribution in [1.29, 1.82) is 0 Å². The molecule has 1 rings (SSSR count). The van der Waals surface area contributed by atoms with Crippen molar-refractivity contribution < 1.29 is 9.84 Å². The molecule has 2 N–H and O–H groups in total. The van der Waals surface area contributed by atoms with Crippen LogP contribution in [-0.4, -0.2) is 30.4 Å². The smallest absolute Gasteiger partial charge is 0.213 e. The van der Waals surface area contributed by atoms with E-state index in [9.17, 15) is 5.11 Å². The van der Waals surface area contributed by atoms with E-state index in [1.807, 2.05) is 12.1 Å². The molecule has 4 nitrogen and oxygen atoms in total. The number of aliphatic hydroxyl groups is 1. The van der Waals surface area contributed by atoms with Crippen molar-refractivity contribution in [2.75, 3.05) is 25.6 Å². The van der Waals surface area contributed by atoms with Crippen LogP contribution >= 0.6 is 0 Å². The van der Waals surface area contributed by atoms with Crippen LogP contribution in [0.4, 0.5) is 5.69 Å². The summed E-state index contributed by atoms with van der Waals surface area (Å²) >= 11 is 0. The summed E-state index contributed by atoms with van der Waals surface area (Å²) in [5, 5.41) is 12.8. The largest absolute Gasteiger partial charge is 0.481 e. The van der Waals surface area contributed by atoms with Crippen LogP contribution in [0.25, 0.3) is 0 Å². The fraction of sp³-hybridized carbons (Fsp3) is 0.615. The number of aliphatic hydroxyl groups excluding tert-OH is 1. The number of pyridine rings is 1. The number of nitrogens with zero attached hydrogens (tertiary/aromatic N) is 1. The van der Waals surface area contributed by atoms with Gasteiger partial charge in [-0.15, -0.1) is 0 Å². The SMILES string of the molecule is CCC(CC)(CO)CNc1ccc(OC)nc1. The highest BCUT2D eigenvalue weighted by Crippen LogP contribution is 2.26. The predicted molar refractivity (Wildman–Crippen MR) is 69.4 cm³/mol. The molecule has 96 valence electrons. The second kappa shape index (κ2) is 6.45. The molecule has 0 atom stereocenters. The van der Waals surface area contributed by atoms with Crippen molar-refractivity contribution in [1.82, 2.24) is 4.98 Å². The molecule has 0 amide bonds. The van der Waals surface area contributed by atoms with Gasteiger partial charge in [0.1, 0.15) is 0 Å². The lowest BCUT2D eigenvalue weighted by molar-refractivity contribution is 0.127. The van der Waals surface area contributed by atoms with Crippen LogP contribution in [0.5, 0.6) is 5.88 Å². The van der Waals surface area contributed by atoms with Crippen molar-refractivity contribution >= 4 is 5.69 Å². The number of anilines is 1. The van der Waals surface area contributed by atoms with E-state index in [-0.39, 0.29) is 12.0 Å². The van der Waals surface area contributed by atoms with E-state index in [0.29, 0.717) is 5.88 Å². The number of nitrogens with one attached hydrogen (secondary N) is 1. The first kappa shape index (κ1) is 13.8. The third kappa shape index (κ3) is 3.60. The van der Waals surface area contributed by atoms with E-state index in [0.717, 1.165) is 25.1 Å². The molecule has 4 heteroatoms. The maximum absolute atomic E-state index is 9.46. The molecule has 0 saturated carbocycles. The molecule has 0 bridgehead atoms. The standard InChI is InChI=1S/C13H22N2O2/c1-4-13(5-2,10-16)9-15-11-6-7-12(17-3)14-8-11/h6-8,15-16H,4-5,9-10H2,1-3H3. The topological polar surface area (TPSA) is 54.4 Å². The van der Waals surface area contributed by atoms with Gasteiger partial charge in [0.2, 0.25) is 5.88 Å². The minimum atomic E-state index is -0.0417. The van der Waals surface area contributed by atoms with E-state index < -0.39 is 0 Å². The van der Waals surface area contributed by atoms with Gasteiger partial charge in [-0.05, 0) is 18.9 Å². The molecule has 0 aliphatic rings. The van der Waals surface area contributed by atoms with Gasteiger partial charge in [-0.2, -0.15) is 0 Å². The Balaban J connectivity index is 2.59. The van der Waals surface area contributed by atoms with Gasteiger partial charge in [-0.3, -0.25) is 0 Å². The summed E-state index contributed by atoms with van der Waals surface area (Å²) < 4.78 is 5.00. The Kier molecular flexibility index (Phi) is 5.22. The molecule has 0 fully saturated rings. The van der Waals surface area contributed by atoms with Crippen LogP contribution in [-0.2, 0) is 0 Å². The lowest BCUT2D eigenvalue weighted by atomic mass is 9.83. The number of ether oxygens (including phenoxy) is 1. The van der Waals surface area contributed by atoms with Crippen molar-refractivity contribution in [3.63, 3.8) is 0 Å². The highest BCUT2D eigenvalue weighted by molar-refractivity contribution is 5.42. The Morgan fingerprint density at radius 1 is 1.35 bits per heavy atom. The zero-order valence-electron chi connectivity index (χ0n) is 10.9. The van der Waals surface area contributed by atoms with Crippen molar-refractivity contribution in [2.45, 2.75) is 26.7 Å². The molecule has 1 heterocycles. The minimum absolute atomic E-state index is 0.0417. The first-order valence-electron chi connectivity index (χ1n) is 6.04.